The molecule has 0 spiro atoms. The fourth-order valence-corrected chi connectivity index (χ4v) is 0.898. The minimum absolute atomic E-state index is 0.388. The van der Waals surface area contributed by atoms with E-state index in [1.54, 1.807) is 7.11 Å². The van der Waals surface area contributed by atoms with Crippen LogP contribution in [0.4, 0.5) is 0 Å². The summed E-state index contributed by atoms with van der Waals surface area (Å²) in [6.45, 7) is 3.27. The first-order chi connectivity index (χ1) is 5.91. The van der Waals surface area contributed by atoms with Gasteiger partial charge in [-0.25, -0.2) is 0 Å². The highest BCUT2D eigenvalue weighted by Gasteiger charge is 1.82. The van der Waals surface area contributed by atoms with Crippen molar-refractivity contribution in [3.8, 4) is 0 Å². The Labute approximate surface area is 75.6 Å². The van der Waals surface area contributed by atoms with Crippen LogP contribution in [0.3, 0.4) is 0 Å². The Morgan fingerprint density at radius 2 is 2.00 bits per heavy atom. The molecule has 0 bridgehead atoms. The van der Waals surface area contributed by atoms with Crippen LogP contribution in [0.1, 0.15) is 32.6 Å². The van der Waals surface area contributed by atoms with Gasteiger partial charge in [0.05, 0.1) is 6.61 Å². The summed E-state index contributed by atoms with van der Waals surface area (Å²) in [5, 5.41) is 0. The Morgan fingerprint density at radius 3 is 2.67 bits per heavy atom. The van der Waals surface area contributed by atoms with E-state index in [2.05, 4.69) is 19.1 Å². The molecule has 0 aromatic heterocycles. The van der Waals surface area contributed by atoms with Gasteiger partial charge in [-0.15, -0.1) is 0 Å². The van der Waals surface area contributed by atoms with Gasteiger partial charge in [0.1, 0.15) is 6.79 Å². The molecule has 0 aliphatic carbocycles. The lowest BCUT2D eigenvalue weighted by atomic mass is 10.2. The van der Waals surface area contributed by atoms with E-state index in [0.29, 0.717) is 13.4 Å². The number of unbranched alkanes of at least 4 members (excludes halogenated alkanes) is 3. The van der Waals surface area contributed by atoms with E-state index < -0.39 is 0 Å². The third-order valence-electron chi connectivity index (χ3n) is 1.56. The van der Waals surface area contributed by atoms with E-state index in [1.165, 1.54) is 25.7 Å². The summed E-state index contributed by atoms with van der Waals surface area (Å²) >= 11 is 0. The maximum atomic E-state index is 5.08. The number of hydrogen-bond donors (Lipinski definition) is 0. The molecule has 0 aromatic carbocycles. The molecule has 0 fully saturated rings. The standard InChI is InChI=1S/C10H20O2/c1-3-4-5-6-7-8-9-12-10-11-2/h7-8H,3-6,9-10H2,1-2H3. The maximum Gasteiger partial charge on any atom is 0.146 e. The van der Waals surface area contributed by atoms with Gasteiger partial charge in [-0.2, -0.15) is 0 Å². The molecule has 0 saturated heterocycles. The van der Waals surface area contributed by atoms with E-state index in [0.717, 1.165) is 0 Å². The Balaban J connectivity index is 2.93. The molecule has 0 amide bonds. The highest BCUT2D eigenvalue weighted by molar-refractivity contribution is 4.80. The molecule has 2 nitrogen and oxygen atoms in total. The average Bonchev–Trinajstić information content (AvgIpc) is 2.10. The first-order valence-electron chi connectivity index (χ1n) is 4.63. The van der Waals surface area contributed by atoms with Gasteiger partial charge >= 0.3 is 0 Å². The van der Waals surface area contributed by atoms with Crippen molar-refractivity contribution in [2.24, 2.45) is 0 Å². The molecule has 0 aliphatic heterocycles. The third-order valence-corrected chi connectivity index (χ3v) is 1.56. The molecule has 0 saturated carbocycles. The lowest BCUT2D eigenvalue weighted by Gasteiger charge is -1.96. The Hall–Kier alpha value is -0.340. The topological polar surface area (TPSA) is 18.5 Å². The van der Waals surface area contributed by atoms with E-state index in [1.807, 2.05) is 0 Å². The second-order valence-corrected chi connectivity index (χ2v) is 2.74. The molecular weight excluding hydrogens is 152 g/mol. The summed E-state index contributed by atoms with van der Waals surface area (Å²) in [5.41, 5.74) is 0. The van der Waals surface area contributed by atoms with Gasteiger partial charge in [0.25, 0.3) is 0 Å². The van der Waals surface area contributed by atoms with Crippen molar-refractivity contribution in [2.75, 3.05) is 20.5 Å². The molecule has 0 radical (unpaired) electrons. The first kappa shape index (κ1) is 11.7. The summed E-state index contributed by atoms with van der Waals surface area (Å²) in [5.74, 6) is 0. The van der Waals surface area contributed by atoms with Crippen molar-refractivity contribution in [3.05, 3.63) is 12.2 Å². The Morgan fingerprint density at radius 1 is 1.17 bits per heavy atom. The van der Waals surface area contributed by atoms with Crippen LogP contribution in [-0.2, 0) is 9.47 Å². The summed E-state index contributed by atoms with van der Waals surface area (Å²) in [6, 6.07) is 0. The maximum absolute atomic E-state index is 5.08. The summed E-state index contributed by atoms with van der Waals surface area (Å²) in [6.07, 6.45) is 9.29. The van der Waals surface area contributed by atoms with Crippen LogP contribution in [0.25, 0.3) is 0 Å². The van der Waals surface area contributed by atoms with Crippen molar-refractivity contribution >= 4 is 0 Å². The molecule has 0 N–H and O–H groups in total. The van der Waals surface area contributed by atoms with E-state index in [9.17, 15) is 0 Å². The minimum Gasteiger partial charge on any atom is -0.359 e. The number of hydrogen-bond acceptors (Lipinski definition) is 2. The number of allylic oxidation sites excluding steroid dienone is 1. The smallest absolute Gasteiger partial charge is 0.146 e. The zero-order valence-corrected chi connectivity index (χ0v) is 8.21. The monoisotopic (exact) mass is 172 g/mol. The number of ether oxygens (including phenoxy) is 2. The normalized spacial score (nSPS) is 11.2. The number of rotatable bonds is 8. The van der Waals surface area contributed by atoms with Crippen molar-refractivity contribution in [3.63, 3.8) is 0 Å². The summed E-state index contributed by atoms with van der Waals surface area (Å²) in [4.78, 5) is 0. The van der Waals surface area contributed by atoms with Crippen molar-refractivity contribution in [2.45, 2.75) is 32.6 Å². The lowest BCUT2D eigenvalue weighted by Crippen LogP contribution is -1.95. The molecule has 0 aromatic rings. The molecule has 12 heavy (non-hydrogen) atoms. The zero-order chi connectivity index (χ0) is 9.07. The van der Waals surface area contributed by atoms with Gasteiger partial charge in [0, 0.05) is 7.11 Å². The average molecular weight is 172 g/mol. The zero-order valence-electron chi connectivity index (χ0n) is 8.21. The van der Waals surface area contributed by atoms with Gasteiger partial charge in [-0.3, -0.25) is 0 Å². The largest absolute Gasteiger partial charge is 0.359 e. The third kappa shape index (κ3) is 9.66. The molecule has 0 heterocycles. The molecule has 0 atom stereocenters. The van der Waals surface area contributed by atoms with E-state index in [-0.39, 0.29) is 0 Å². The predicted molar refractivity (Wildman–Crippen MR) is 51.1 cm³/mol. The minimum atomic E-state index is 0.388. The van der Waals surface area contributed by atoms with Gasteiger partial charge in [0.15, 0.2) is 0 Å². The SMILES string of the molecule is CCCCCC=CCOCOC. The summed E-state index contributed by atoms with van der Waals surface area (Å²) < 4.78 is 9.81. The van der Waals surface area contributed by atoms with Gasteiger partial charge < -0.3 is 9.47 Å². The van der Waals surface area contributed by atoms with Gasteiger partial charge in [0.2, 0.25) is 0 Å². The molecule has 0 aliphatic rings. The predicted octanol–water partition coefficient (Wildman–Crippen LogP) is 2.74. The lowest BCUT2D eigenvalue weighted by molar-refractivity contribution is -0.0186. The molecule has 2 heteroatoms. The van der Waals surface area contributed by atoms with Crippen LogP contribution >= 0.6 is 0 Å². The number of methoxy groups -OCH3 is 1. The Bertz CT molecular complexity index is 88.0. The fourth-order valence-electron chi connectivity index (χ4n) is 0.898. The quantitative estimate of drug-likeness (QED) is 0.318. The second-order valence-electron chi connectivity index (χ2n) is 2.74. The highest BCUT2D eigenvalue weighted by atomic mass is 16.7. The van der Waals surface area contributed by atoms with Crippen LogP contribution < -0.4 is 0 Å². The van der Waals surface area contributed by atoms with Crippen LogP contribution in [0, 0.1) is 0 Å². The molecule has 0 rings (SSSR count). The molecule has 72 valence electrons. The van der Waals surface area contributed by atoms with Crippen molar-refractivity contribution < 1.29 is 9.47 Å². The van der Waals surface area contributed by atoms with E-state index >= 15 is 0 Å². The first-order valence-corrected chi connectivity index (χ1v) is 4.63. The molecule has 0 unspecified atom stereocenters. The Kier molecular flexibility index (Phi) is 10.4. The van der Waals surface area contributed by atoms with Crippen molar-refractivity contribution in [1.29, 1.82) is 0 Å². The van der Waals surface area contributed by atoms with E-state index in [4.69, 9.17) is 9.47 Å². The highest BCUT2D eigenvalue weighted by Crippen LogP contribution is 1.99. The second kappa shape index (κ2) is 10.7. The van der Waals surface area contributed by atoms with Gasteiger partial charge in [-0.05, 0) is 12.8 Å². The summed E-state index contributed by atoms with van der Waals surface area (Å²) in [7, 11) is 1.63. The molecular formula is C10H20O2. The van der Waals surface area contributed by atoms with Crippen LogP contribution in [0.15, 0.2) is 12.2 Å². The van der Waals surface area contributed by atoms with Crippen LogP contribution in [0.2, 0.25) is 0 Å². The van der Waals surface area contributed by atoms with Gasteiger partial charge in [-0.1, -0.05) is 31.9 Å². The van der Waals surface area contributed by atoms with Crippen LogP contribution in [-0.4, -0.2) is 20.5 Å². The fraction of sp³-hybridized carbons (Fsp3) is 0.800. The van der Waals surface area contributed by atoms with Crippen LogP contribution in [0.5, 0.6) is 0 Å². The van der Waals surface area contributed by atoms with Crippen molar-refractivity contribution in [1.82, 2.24) is 0 Å².